The van der Waals surface area contributed by atoms with Crippen molar-refractivity contribution < 1.29 is 0 Å². The maximum absolute atomic E-state index is 4.96. The number of hydrogen-bond donors (Lipinski definition) is 1. The number of nitrogens with zero attached hydrogens (tertiary/aromatic N) is 2. The van der Waals surface area contributed by atoms with Crippen molar-refractivity contribution in [2.24, 2.45) is 9.98 Å². The predicted octanol–water partition coefficient (Wildman–Crippen LogP) is 4.37. The van der Waals surface area contributed by atoms with E-state index in [1.165, 1.54) is 43.4 Å². The van der Waals surface area contributed by atoms with Crippen LogP contribution in [0.3, 0.4) is 0 Å². The Morgan fingerprint density at radius 1 is 1.35 bits per heavy atom. The molecule has 2 aliphatic rings. The zero-order chi connectivity index (χ0) is 14.5. The molecule has 0 saturated heterocycles. The largest absolute Gasteiger partial charge is 0.343 e. The topological polar surface area (TPSA) is 36.8 Å². The summed E-state index contributed by atoms with van der Waals surface area (Å²) < 4.78 is 0. The number of nitrogens with one attached hydrogen (secondary N) is 1. The molecule has 1 aliphatic heterocycles. The lowest BCUT2D eigenvalue weighted by molar-refractivity contribution is 0.442. The monoisotopic (exact) mass is 273 g/mol. The molecular weight excluding hydrogens is 246 g/mol. The van der Waals surface area contributed by atoms with E-state index in [1.54, 1.807) is 0 Å². The summed E-state index contributed by atoms with van der Waals surface area (Å²) in [4.78, 5) is 9.72. The highest BCUT2D eigenvalue weighted by atomic mass is 15.1. The Morgan fingerprint density at radius 3 is 2.60 bits per heavy atom. The van der Waals surface area contributed by atoms with Gasteiger partial charge in [-0.15, -0.1) is 0 Å². The van der Waals surface area contributed by atoms with Crippen LogP contribution in [0.15, 0.2) is 33.5 Å². The van der Waals surface area contributed by atoms with Crippen LogP contribution in [0.25, 0.3) is 0 Å². The van der Waals surface area contributed by atoms with Gasteiger partial charge >= 0.3 is 0 Å². The van der Waals surface area contributed by atoms with Crippen molar-refractivity contribution >= 4 is 11.5 Å². The minimum Gasteiger partial charge on any atom is -0.343 e. The van der Waals surface area contributed by atoms with Crippen LogP contribution in [0.2, 0.25) is 0 Å². The number of hydrogen-bond acceptors (Lipinski definition) is 2. The van der Waals surface area contributed by atoms with Gasteiger partial charge in [0.25, 0.3) is 0 Å². The van der Waals surface area contributed by atoms with Gasteiger partial charge in [0.15, 0.2) is 5.84 Å². The van der Waals surface area contributed by atoms with Gasteiger partial charge in [-0.25, -0.2) is 0 Å². The minimum absolute atomic E-state index is 0.451. The lowest BCUT2D eigenvalue weighted by Gasteiger charge is -2.20. The molecule has 1 N–H and O–H groups in total. The summed E-state index contributed by atoms with van der Waals surface area (Å²) in [7, 11) is 0. The van der Waals surface area contributed by atoms with Gasteiger partial charge in [0.05, 0.1) is 6.04 Å². The van der Waals surface area contributed by atoms with E-state index in [1.807, 2.05) is 6.92 Å². The first kappa shape index (κ1) is 15.0. The lowest BCUT2D eigenvalue weighted by Crippen LogP contribution is -2.26. The van der Waals surface area contributed by atoms with Gasteiger partial charge in [0, 0.05) is 17.8 Å². The van der Waals surface area contributed by atoms with Crippen LogP contribution >= 0.6 is 0 Å². The molecule has 0 bridgehead atoms. The summed E-state index contributed by atoms with van der Waals surface area (Å²) in [6.07, 6.45) is 8.38. The van der Waals surface area contributed by atoms with Crippen molar-refractivity contribution in [1.82, 2.24) is 5.32 Å². The Bertz CT molecular complexity index is 463. The van der Waals surface area contributed by atoms with Crippen molar-refractivity contribution in [2.45, 2.75) is 71.8 Å². The highest BCUT2D eigenvalue weighted by Gasteiger charge is 2.20. The standard InChI is InChI=1S/C17H27N3/c1-5-14-11-13(4)16(19-14)17(18-12(2)3)20-15-9-7-6-8-10-15/h15H,2,5-11H2,1,3-4H3,(H,18,20). The molecule has 1 heterocycles. The molecule has 3 nitrogen and oxygen atoms in total. The van der Waals surface area contributed by atoms with Gasteiger partial charge in [-0.1, -0.05) is 32.8 Å². The van der Waals surface area contributed by atoms with E-state index in [9.17, 15) is 0 Å². The van der Waals surface area contributed by atoms with Crippen molar-refractivity contribution in [3.05, 3.63) is 23.5 Å². The summed E-state index contributed by atoms with van der Waals surface area (Å²) in [5, 5.41) is 3.33. The van der Waals surface area contributed by atoms with E-state index in [0.717, 1.165) is 30.1 Å². The van der Waals surface area contributed by atoms with Gasteiger partial charge in [0.2, 0.25) is 0 Å². The highest BCUT2D eigenvalue weighted by Crippen LogP contribution is 2.25. The quantitative estimate of drug-likeness (QED) is 0.599. The Hall–Kier alpha value is -1.38. The number of allylic oxidation sites excluding steroid dienone is 2. The molecule has 0 atom stereocenters. The van der Waals surface area contributed by atoms with Crippen LogP contribution in [-0.4, -0.2) is 17.6 Å². The molecule has 20 heavy (non-hydrogen) atoms. The Balaban J connectivity index is 2.23. The minimum atomic E-state index is 0.451. The molecule has 1 saturated carbocycles. The third kappa shape index (κ3) is 3.81. The third-order valence-electron chi connectivity index (χ3n) is 3.99. The van der Waals surface area contributed by atoms with Crippen molar-refractivity contribution in [1.29, 1.82) is 0 Å². The maximum Gasteiger partial charge on any atom is 0.151 e. The molecule has 2 rings (SSSR count). The van der Waals surface area contributed by atoms with Gasteiger partial charge < -0.3 is 5.32 Å². The molecule has 0 aromatic heterocycles. The van der Waals surface area contributed by atoms with E-state index < -0.39 is 0 Å². The molecule has 0 spiro atoms. The van der Waals surface area contributed by atoms with Crippen LogP contribution in [0.4, 0.5) is 0 Å². The van der Waals surface area contributed by atoms with E-state index in [0.29, 0.717) is 6.04 Å². The summed E-state index contributed by atoms with van der Waals surface area (Å²) in [6, 6.07) is 0.451. The molecule has 1 fully saturated rings. The summed E-state index contributed by atoms with van der Waals surface area (Å²) in [5.41, 5.74) is 4.57. The molecule has 0 aromatic carbocycles. The molecule has 0 amide bonds. The summed E-state index contributed by atoms with van der Waals surface area (Å²) in [6.45, 7) is 10.3. The van der Waals surface area contributed by atoms with Crippen molar-refractivity contribution in [2.75, 3.05) is 0 Å². The van der Waals surface area contributed by atoms with Gasteiger partial charge in [-0.3, -0.25) is 9.98 Å². The first-order valence-electron chi connectivity index (χ1n) is 7.87. The first-order valence-corrected chi connectivity index (χ1v) is 7.87. The molecule has 3 heteroatoms. The fourth-order valence-electron chi connectivity index (χ4n) is 2.89. The van der Waals surface area contributed by atoms with Crippen LogP contribution in [-0.2, 0) is 0 Å². The Kier molecular flexibility index (Phi) is 5.16. The molecule has 1 aliphatic carbocycles. The maximum atomic E-state index is 4.96. The van der Waals surface area contributed by atoms with Gasteiger partial charge in [-0.2, -0.15) is 0 Å². The second kappa shape index (κ2) is 6.87. The lowest BCUT2D eigenvalue weighted by atomic mass is 9.96. The zero-order valence-electron chi connectivity index (χ0n) is 13.1. The second-order valence-corrected chi connectivity index (χ2v) is 6.01. The average molecular weight is 273 g/mol. The highest BCUT2D eigenvalue weighted by molar-refractivity contribution is 6.05. The van der Waals surface area contributed by atoms with Crippen molar-refractivity contribution in [3.63, 3.8) is 0 Å². The third-order valence-corrected chi connectivity index (χ3v) is 3.99. The van der Waals surface area contributed by atoms with E-state index in [4.69, 9.17) is 9.98 Å². The number of amidine groups is 1. The molecule has 0 radical (unpaired) electrons. The smallest absolute Gasteiger partial charge is 0.151 e. The zero-order valence-corrected chi connectivity index (χ0v) is 13.1. The summed E-state index contributed by atoms with van der Waals surface area (Å²) >= 11 is 0. The van der Waals surface area contributed by atoms with Crippen LogP contribution in [0.5, 0.6) is 0 Å². The van der Waals surface area contributed by atoms with Crippen LogP contribution < -0.4 is 5.32 Å². The first-order chi connectivity index (χ1) is 9.60. The van der Waals surface area contributed by atoms with Gasteiger partial charge in [-0.05, 0) is 38.7 Å². The number of aliphatic imine (C=N–C) groups is 2. The van der Waals surface area contributed by atoms with Gasteiger partial charge in [0.1, 0.15) is 5.70 Å². The SMILES string of the molecule is C=C(C)NC(=NC1CCCCC1)C1=C(C)CC(CC)=N1. The van der Waals surface area contributed by atoms with E-state index in [2.05, 4.69) is 25.7 Å². The van der Waals surface area contributed by atoms with E-state index >= 15 is 0 Å². The number of rotatable bonds is 4. The normalized spacial score (nSPS) is 21.1. The predicted molar refractivity (Wildman–Crippen MR) is 87.3 cm³/mol. The fourth-order valence-corrected chi connectivity index (χ4v) is 2.89. The van der Waals surface area contributed by atoms with Crippen molar-refractivity contribution in [3.8, 4) is 0 Å². The second-order valence-electron chi connectivity index (χ2n) is 6.01. The van der Waals surface area contributed by atoms with E-state index in [-0.39, 0.29) is 0 Å². The molecule has 110 valence electrons. The Labute approximate surface area is 123 Å². The average Bonchev–Trinajstić information content (AvgIpc) is 2.80. The fraction of sp³-hybridized carbons (Fsp3) is 0.647. The molecule has 0 unspecified atom stereocenters. The van der Waals surface area contributed by atoms with Crippen LogP contribution in [0.1, 0.15) is 65.7 Å². The Morgan fingerprint density at radius 2 is 2.05 bits per heavy atom. The van der Waals surface area contributed by atoms with Crippen LogP contribution in [0, 0.1) is 0 Å². The molecule has 0 aromatic rings. The molecular formula is C17H27N3. The summed E-state index contributed by atoms with van der Waals surface area (Å²) in [5.74, 6) is 0.936.